The Morgan fingerprint density at radius 1 is 1.26 bits per heavy atom. The van der Waals surface area contributed by atoms with Crippen LogP contribution in [0.3, 0.4) is 0 Å². The number of nitrogens with zero attached hydrogens (tertiary/aromatic N) is 2. The minimum atomic E-state index is -0.855. The Hall–Kier alpha value is -1.30. The van der Waals surface area contributed by atoms with Crippen molar-refractivity contribution < 1.29 is 5.11 Å². The summed E-state index contributed by atoms with van der Waals surface area (Å²) in [6.07, 6.45) is 1.02. The van der Waals surface area contributed by atoms with Crippen molar-refractivity contribution in [3.8, 4) is 0 Å². The first-order valence-corrected chi connectivity index (χ1v) is 7.29. The minimum Gasteiger partial charge on any atom is -0.383 e. The highest BCUT2D eigenvalue weighted by Crippen LogP contribution is 2.33. The second-order valence-electron chi connectivity index (χ2n) is 3.83. The van der Waals surface area contributed by atoms with Crippen molar-refractivity contribution in [2.24, 2.45) is 0 Å². The van der Waals surface area contributed by atoms with Crippen LogP contribution < -0.4 is 5.32 Å². The Balaban J connectivity index is 2.50. The van der Waals surface area contributed by atoms with Crippen LogP contribution in [0.2, 0.25) is 5.15 Å². The molecular formula is C13H14ClN3OS. The molecule has 100 valence electrons. The fourth-order valence-electron chi connectivity index (χ4n) is 1.75. The molecule has 0 fully saturated rings. The van der Waals surface area contributed by atoms with E-state index in [9.17, 15) is 5.11 Å². The highest BCUT2D eigenvalue weighted by Gasteiger charge is 2.21. The lowest BCUT2D eigenvalue weighted by Gasteiger charge is -2.16. The van der Waals surface area contributed by atoms with Crippen LogP contribution in [0, 0.1) is 0 Å². The molecule has 1 aromatic carbocycles. The highest BCUT2D eigenvalue weighted by atomic mass is 35.5. The number of hydrogen-bond donors (Lipinski definition) is 2. The molecule has 0 aliphatic carbocycles. The lowest BCUT2D eigenvalue weighted by atomic mass is 10.0. The van der Waals surface area contributed by atoms with E-state index in [0.717, 1.165) is 5.56 Å². The predicted molar refractivity (Wildman–Crippen MR) is 78.9 cm³/mol. The van der Waals surface area contributed by atoms with Crippen LogP contribution >= 0.6 is 23.4 Å². The Labute approximate surface area is 121 Å². The topological polar surface area (TPSA) is 58.0 Å². The number of thioether (sulfide) groups is 1. The Morgan fingerprint density at radius 2 is 1.95 bits per heavy atom. The average Bonchev–Trinajstić information content (AvgIpc) is 2.46. The van der Waals surface area contributed by atoms with Crippen molar-refractivity contribution in [1.29, 1.82) is 0 Å². The summed E-state index contributed by atoms with van der Waals surface area (Å²) in [4.78, 5) is 8.48. The zero-order valence-electron chi connectivity index (χ0n) is 10.6. The minimum absolute atomic E-state index is 0.264. The standard InChI is InChI=1S/C13H14ClN3OS/c1-15-12-9(11(14)16-13(17-12)19-2)10(18)8-6-4-3-5-7-8/h3-7,10,18H,1-2H3,(H,15,16,17). The molecule has 0 saturated carbocycles. The average molecular weight is 296 g/mol. The van der Waals surface area contributed by atoms with Gasteiger partial charge < -0.3 is 10.4 Å². The van der Waals surface area contributed by atoms with Gasteiger partial charge in [-0.2, -0.15) is 0 Å². The van der Waals surface area contributed by atoms with E-state index in [0.29, 0.717) is 16.5 Å². The number of anilines is 1. The quantitative estimate of drug-likeness (QED) is 0.516. The van der Waals surface area contributed by atoms with Crippen LogP contribution in [0.5, 0.6) is 0 Å². The van der Waals surface area contributed by atoms with E-state index < -0.39 is 6.10 Å². The van der Waals surface area contributed by atoms with Gasteiger partial charge in [-0.15, -0.1) is 0 Å². The second kappa shape index (κ2) is 6.23. The lowest BCUT2D eigenvalue weighted by Crippen LogP contribution is -2.09. The van der Waals surface area contributed by atoms with Crippen molar-refractivity contribution >= 4 is 29.2 Å². The number of rotatable bonds is 4. The first-order chi connectivity index (χ1) is 9.17. The van der Waals surface area contributed by atoms with Crippen molar-refractivity contribution in [2.45, 2.75) is 11.3 Å². The molecule has 1 heterocycles. The smallest absolute Gasteiger partial charge is 0.190 e. The lowest BCUT2D eigenvalue weighted by molar-refractivity contribution is 0.220. The van der Waals surface area contributed by atoms with Gasteiger partial charge in [-0.1, -0.05) is 53.7 Å². The SMILES string of the molecule is CNc1nc(SC)nc(Cl)c1C(O)c1ccccc1. The van der Waals surface area contributed by atoms with Gasteiger partial charge in [-0.25, -0.2) is 9.97 Å². The number of aromatic nitrogens is 2. The fourth-order valence-corrected chi connectivity index (χ4v) is 2.44. The molecule has 1 unspecified atom stereocenters. The number of aliphatic hydroxyl groups is 1. The van der Waals surface area contributed by atoms with Crippen LogP contribution in [-0.4, -0.2) is 28.4 Å². The van der Waals surface area contributed by atoms with E-state index in [4.69, 9.17) is 11.6 Å². The molecule has 0 spiro atoms. The highest BCUT2D eigenvalue weighted by molar-refractivity contribution is 7.98. The van der Waals surface area contributed by atoms with Gasteiger partial charge in [0.15, 0.2) is 5.16 Å². The molecule has 1 aromatic heterocycles. The molecule has 2 aromatic rings. The summed E-state index contributed by atoms with van der Waals surface area (Å²) in [5, 5.41) is 14.2. The monoisotopic (exact) mass is 295 g/mol. The van der Waals surface area contributed by atoms with Crippen LogP contribution in [-0.2, 0) is 0 Å². The van der Waals surface area contributed by atoms with E-state index in [-0.39, 0.29) is 5.15 Å². The van der Waals surface area contributed by atoms with E-state index in [1.54, 1.807) is 7.05 Å². The van der Waals surface area contributed by atoms with E-state index in [2.05, 4.69) is 15.3 Å². The third-order valence-corrected chi connectivity index (χ3v) is 3.52. The van der Waals surface area contributed by atoms with Crippen LogP contribution in [0.25, 0.3) is 0 Å². The van der Waals surface area contributed by atoms with Crippen LogP contribution in [0.1, 0.15) is 17.2 Å². The Morgan fingerprint density at radius 3 is 2.53 bits per heavy atom. The molecule has 2 N–H and O–H groups in total. The van der Waals surface area contributed by atoms with Crippen molar-refractivity contribution in [3.63, 3.8) is 0 Å². The molecule has 0 amide bonds. The summed E-state index contributed by atoms with van der Waals surface area (Å²) in [5.74, 6) is 0.542. The maximum absolute atomic E-state index is 10.4. The molecule has 0 bridgehead atoms. The van der Waals surface area contributed by atoms with Crippen LogP contribution in [0.4, 0.5) is 5.82 Å². The first kappa shape index (κ1) is 14.1. The molecule has 2 rings (SSSR count). The van der Waals surface area contributed by atoms with Gasteiger partial charge >= 0.3 is 0 Å². The Bertz CT molecular complexity index is 565. The summed E-state index contributed by atoms with van der Waals surface area (Å²) < 4.78 is 0. The van der Waals surface area contributed by atoms with Crippen molar-refractivity contribution in [1.82, 2.24) is 9.97 Å². The molecule has 0 aliphatic rings. The second-order valence-corrected chi connectivity index (χ2v) is 4.96. The summed E-state index contributed by atoms with van der Waals surface area (Å²) in [7, 11) is 1.74. The van der Waals surface area contributed by atoms with Crippen molar-refractivity contribution in [2.75, 3.05) is 18.6 Å². The zero-order valence-corrected chi connectivity index (χ0v) is 12.2. The van der Waals surface area contributed by atoms with Crippen LogP contribution in [0.15, 0.2) is 35.5 Å². The fraction of sp³-hybridized carbons (Fsp3) is 0.231. The molecule has 0 saturated heterocycles. The molecule has 4 nitrogen and oxygen atoms in total. The Kier molecular flexibility index (Phi) is 4.63. The van der Waals surface area contributed by atoms with Crippen molar-refractivity contribution in [3.05, 3.63) is 46.6 Å². The number of halogens is 1. The van der Waals surface area contributed by atoms with Gasteiger partial charge in [0, 0.05) is 7.05 Å². The normalized spacial score (nSPS) is 12.2. The third kappa shape index (κ3) is 3.00. The molecule has 6 heteroatoms. The van der Waals surface area contributed by atoms with E-state index >= 15 is 0 Å². The van der Waals surface area contributed by atoms with Gasteiger partial charge in [0.2, 0.25) is 0 Å². The summed E-state index contributed by atoms with van der Waals surface area (Å²) in [6, 6.07) is 9.29. The van der Waals surface area contributed by atoms with Gasteiger partial charge in [-0.05, 0) is 11.8 Å². The van der Waals surface area contributed by atoms with Gasteiger partial charge in [0.05, 0.1) is 5.56 Å². The largest absolute Gasteiger partial charge is 0.383 e. The summed E-state index contributed by atoms with van der Waals surface area (Å²) in [6.45, 7) is 0. The third-order valence-electron chi connectivity index (χ3n) is 2.69. The summed E-state index contributed by atoms with van der Waals surface area (Å²) in [5.41, 5.74) is 1.24. The predicted octanol–water partition coefficient (Wildman–Crippen LogP) is 2.98. The van der Waals surface area contributed by atoms with E-state index in [1.165, 1.54) is 11.8 Å². The zero-order chi connectivity index (χ0) is 13.8. The van der Waals surface area contributed by atoms with E-state index in [1.807, 2.05) is 36.6 Å². The molecule has 19 heavy (non-hydrogen) atoms. The molecule has 1 atom stereocenters. The number of hydrogen-bond acceptors (Lipinski definition) is 5. The van der Waals surface area contributed by atoms with Gasteiger partial charge in [0.1, 0.15) is 17.1 Å². The molecular weight excluding hydrogens is 282 g/mol. The molecule has 0 radical (unpaired) electrons. The maximum atomic E-state index is 10.4. The number of nitrogens with one attached hydrogen (secondary N) is 1. The summed E-state index contributed by atoms with van der Waals surface area (Å²) >= 11 is 7.57. The molecule has 0 aliphatic heterocycles. The number of benzene rings is 1. The van der Waals surface area contributed by atoms with Gasteiger partial charge in [0.25, 0.3) is 0 Å². The van der Waals surface area contributed by atoms with Gasteiger partial charge in [-0.3, -0.25) is 0 Å². The first-order valence-electron chi connectivity index (χ1n) is 5.69. The number of aliphatic hydroxyl groups excluding tert-OH is 1. The maximum Gasteiger partial charge on any atom is 0.190 e.